The van der Waals surface area contributed by atoms with Crippen molar-refractivity contribution in [3.63, 3.8) is 0 Å². The molecule has 1 unspecified atom stereocenters. The molecule has 0 aliphatic carbocycles. The summed E-state index contributed by atoms with van der Waals surface area (Å²) in [5, 5.41) is 6.05. The first-order valence-corrected chi connectivity index (χ1v) is 7.35. The zero-order valence-electron chi connectivity index (χ0n) is 12.9. The van der Waals surface area contributed by atoms with Crippen molar-refractivity contribution in [3.05, 3.63) is 24.3 Å². The van der Waals surface area contributed by atoms with E-state index in [0.717, 1.165) is 24.2 Å². The predicted octanol–water partition coefficient (Wildman–Crippen LogP) is 2.41. The van der Waals surface area contributed by atoms with Gasteiger partial charge in [-0.25, -0.2) is 5.01 Å². The molecule has 0 aromatic heterocycles. The fourth-order valence-electron chi connectivity index (χ4n) is 2.55. The van der Waals surface area contributed by atoms with Crippen LogP contribution in [0.3, 0.4) is 0 Å². The first-order chi connectivity index (χ1) is 10.1. The van der Waals surface area contributed by atoms with Gasteiger partial charge in [-0.2, -0.15) is 5.10 Å². The first kappa shape index (κ1) is 15.5. The van der Waals surface area contributed by atoms with Crippen molar-refractivity contribution in [2.45, 2.75) is 26.7 Å². The highest BCUT2D eigenvalue weighted by Crippen LogP contribution is 2.30. The van der Waals surface area contributed by atoms with E-state index in [2.05, 4.69) is 18.9 Å². The van der Waals surface area contributed by atoms with E-state index in [4.69, 9.17) is 10.5 Å². The van der Waals surface area contributed by atoms with Crippen LogP contribution in [0, 0.1) is 11.8 Å². The molecule has 1 aromatic carbocycles. The topological polar surface area (TPSA) is 67.9 Å². The maximum Gasteiger partial charge on any atom is 0.256 e. The number of hydrazone groups is 1. The van der Waals surface area contributed by atoms with Gasteiger partial charge in [0.15, 0.2) is 0 Å². The molecule has 2 N–H and O–H groups in total. The number of hydrogen-bond donors (Lipinski definition) is 1. The number of amides is 1. The fraction of sp³-hybridized carbons (Fsp3) is 0.500. The molecule has 2 rings (SSSR count). The monoisotopic (exact) mass is 289 g/mol. The van der Waals surface area contributed by atoms with E-state index >= 15 is 0 Å². The summed E-state index contributed by atoms with van der Waals surface area (Å²) < 4.78 is 5.21. The normalized spacial score (nSPS) is 18.3. The van der Waals surface area contributed by atoms with E-state index in [0.29, 0.717) is 12.3 Å². The number of methoxy groups -OCH3 is 1. The highest BCUT2D eigenvalue weighted by atomic mass is 16.5. The molecular formula is C16H23N3O2. The summed E-state index contributed by atoms with van der Waals surface area (Å²) in [5.41, 5.74) is 7.26. The van der Waals surface area contributed by atoms with E-state index in [9.17, 15) is 4.79 Å². The number of carbonyl (C=O) groups is 1. The molecule has 1 aromatic rings. The molecule has 1 atom stereocenters. The molecule has 0 bridgehead atoms. The second kappa shape index (κ2) is 6.72. The Bertz CT molecular complexity index is 540. The lowest BCUT2D eigenvalue weighted by molar-refractivity contribution is -0.119. The number of nitrogens with zero attached hydrogens (tertiary/aromatic N) is 2. The minimum Gasteiger partial charge on any atom is -0.497 e. The number of hydrogen-bond acceptors (Lipinski definition) is 4. The van der Waals surface area contributed by atoms with Crippen molar-refractivity contribution in [2.24, 2.45) is 22.7 Å². The summed E-state index contributed by atoms with van der Waals surface area (Å²) in [6, 6.07) is 7.40. The third-order valence-electron chi connectivity index (χ3n) is 3.67. The van der Waals surface area contributed by atoms with Gasteiger partial charge in [0.2, 0.25) is 0 Å². The van der Waals surface area contributed by atoms with Crippen molar-refractivity contribution in [3.8, 4) is 5.75 Å². The van der Waals surface area contributed by atoms with Crippen LogP contribution in [0.1, 0.15) is 26.7 Å². The van der Waals surface area contributed by atoms with Gasteiger partial charge in [0, 0.05) is 6.07 Å². The molecule has 0 saturated heterocycles. The van der Waals surface area contributed by atoms with E-state index < -0.39 is 0 Å². The van der Waals surface area contributed by atoms with Gasteiger partial charge >= 0.3 is 0 Å². The Morgan fingerprint density at radius 2 is 2.19 bits per heavy atom. The molecule has 0 spiro atoms. The lowest BCUT2D eigenvalue weighted by Gasteiger charge is -2.15. The molecule has 0 radical (unpaired) electrons. The molecule has 5 nitrogen and oxygen atoms in total. The van der Waals surface area contributed by atoms with Crippen LogP contribution in [0.15, 0.2) is 29.4 Å². The van der Waals surface area contributed by atoms with Gasteiger partial charge < -0.3 is 10.5 Å². The average Bonchev–Trinajstić information content (AvgIpc) is 2.82. The van der Waals surface area contributed by atoms with Crippen molar-refractivity contribution in [1.82, 2.24) is 0 Å². The SMILES string of the molecule is COc1cccc(N2N=C(C(C)C)C(CCCN)C2=O)c1. The third-order valence-corrected chi connectivity index (χ3v) is 3.67. The quantitative estimate of drug-likeness (QED) is 0.874. The largest absolute Gasteiger partial charge is 0.497 e. The molecule has 1 heterocycles. The second-order valence-electron chi connectivity index (χ2n) is 5.51. The fourth-order valence-corrected chi connectivity index (χ4v) is 2.55. The maximum atomic E-state index is 12.7. The van der Waals surface area contributed by atoms with Crippen molar-refractivity contribution >= 4 is 17.3 Å². The van der Waals surface area contributed by atoms with Gasteiger partial charge in [-0.15, -0.1) is 0 Å². The summed E-state index contributed by atoms with van der Waals surface area (Å²) in [7, 11) is 1.61. The van der Waals surface area contributed by atoms with E-state index in [1.165, 1.54) is 5.01 Å². The van der Waals surface area contributed by atoms with Gasteiger partial charge in [-0.3, -0.25) is 4.79 Å². The Kier molecular flexibility index (Phi) is 4.96. The number of carbonyl (C=O) groups excluding carboxylic acids is 1. The van der Waals surface area contributed by atoms with Gasteiger partial charge in [0.25, 0.3) is 5.91 Å². The molecule has 21 heavy (non-hydrogen) atoms. The number of rotatable bonds is 6. The van der Waals surface area contributed by atoms with E-state index in [1.54, 1.807) is 7.11 Å². The van der Waals surface area contributed by atoms with Gasteiger partial charge in [-0.05, 0) is 37.4 Å². The molecule has 1 amide bonds. The Morgan fingerprint density at radius 3 is 2.81 bits per heavy atom. The summed E-state index contributed by atoms with van der Waals surface area (Å²) in [4.78, 5) is 12.7. The highest BCUT2D eigenvalue weighted by Gasteiger charge is 2.37. The molecule has 1 aliphatic rings. The summed E-state index contributed by atoms with van der Waals surface area (Å²) in [5.74, 6) is 0.833. The van der Waals surface area contributed by atoms with Crippen LogP contribution in [0.2, 0.25) is 0 Å². The second-order valence-corrected chi connectivity index (χ2v) is 5.51. The summed E-state index contributed by atoms with van der Waals surface area (Å²) in [6.45, 7) is 4.72. The lowest BCUT2D eigenvalue weighted by Crippen LogP contribution is -2.29. The van der Waals surface area contributed by atoms with Crippen molar-refractivity contribution in [2.75, 3.05) is 18.7 Å². The number of anilines is 1. The Balaban J connectivity index is 2.29. The molecule has 1 aliphatic heterocycles. The van der Waals surface area contributed by atoms with Crippen LogP contribution >= 0.6 is 0 Å². The summed E-state index contributed by atoms with van der Waals surface area (Å²) in [6.07, 6.45) is 1.58. The zero-order valence-corrected chi connectivity index (χ0v) is 12.9. The van der Waals surface area contributed by atoms with E-state index in [1.807, 2.05) is 24.3 Å². The molecule has 114 valence electrons. The third kappa shape index (κ3) is 3.24. The first-order valence-electron chi connectivity index (χ1n) is 7.35. The molecule has 0 saturated carbocycles. The highest BCUT2D eigenvalue weighted by molar-refractivity contribution is 6.16. The average molecular weight is 289 g/mol. The van der Waals surface area contributed by atoms with Gasteiger partial charge in [0.1, 0.15) is 5.75 Å². The molecular weight excluding hydrogens is 266 g/mol. The van der Waals surface area contributed by atoms with Crippen LogP contribution in [0.4, 0.5) is 5.69 Å². The minimum atomic E-state index is -0.153. The minimum absolute atomic E-state index is 0.0282. The molecule has 5 heteroatoms. The van der Waals surface area contributed by atoms with Crippen LogP contribution in [0.25, 0.3) is 0 Å². The predicted molar refractivity (Wildman–Crippen MR) is 84.5 cm³/mol. The number of nitrogens with two attached hydrogens (primary N) is 1. The van der Waals surface area contributed by atoms with Gasteiger partial charge in [-0.1, -0.05) is 19.9 Å². The Labute approximate surface area is 125 Å². The number of benzene rings is 1. The van der Waals surface area contributed by atoms with Crippen molar-refractivity contribution < 1.29 is 9.53 Å². The molecule has 0 fully saturated rings. The Morgan fingerprint density at radius 1 is 1.43 bits per heavy atom. The standard InChI is InChI=1S/C16H23N3O2/c1-11(2)15-14(8-5-9-17)16(20)19(18-15)12-6-4-7-13(10-12)21-3/h4,6-7,10-11,14H,5,8-9,17H2,1-3H3. The Hall–Kier alpha value is -1.88. The maximum absolute atomic E-state index is 12.7. The van der Waals surface area contributed by atoms with Crippen LogP contribution < -0.4 is 15.5 Å². The summed E-state index contributed by atoms with van der Waals surface area (Å²) >= 11 is 0. The van der Waals surface area contributed by atoms with E-state index in [-0.39, 0.29) is 17.7 Å². The van der Waals surface area contributed by atoms with Crippen LogP contribution in [-0.4, -0.2) is 25.3 Å². The zero-order chi connectivity index (χ0) is 15.4. The van der Waals surface area contributed by atoms with Crippen LogP contribution in [-0.2, 0) is 4.79 Å². The van der Waals surface area contributed by atoms with Gasteiger partial charge in [0.05, 0.1) is 24.4 Å². The number of ether oxygens (including phenoxy) is 1. The van der Waals surface area contributed by atoms with Crippen molar-refractivity contribution in [1.29, 1.82) is 0 Å². The van der Waals surface area contributed by atoms with Crippen LogP contribution in [0.5, 0.6) is 5.75 Å². The lowest BCUT2D eigenvalue weighted by atomic mass is 9.90. The smallest absolute Gasteiger partial charge is 0.256 e.